The van der Waals surface area contributed by atoms with Gasteiger partial charge in [-0.2, -0.15) is 0 Å². The molecule has 0 saturated carbocycles. The number of rotatable bonds is 2. The van der Waals surface area contributed by atoms with Gasteiger partial charge in [-0.3, -0.25) is 4.57 Å². The maximum Gasteiger partial charge on any atom is 0.178 e. The van der Waals surface area contributed by atoms with Crippen LogP contribution in [0.25, 0.3) is 22.1 Å². The maximum absolute atomic E-state index is 10.2. The normalized spacial score (nSPS) is 27.4. The van der Waals surface area contributed by atoms with E-state index < -0.39 is 31.1 Å². The van der Waals surface area contributed by atoms with Crippen LogP contribution in [0.15, 0.2) is 24.5 Å². The summed E-state index contributed by atoms with van der Waals surface area (Å²) in [5.74, 6) is 0. The fraction of sp³-hybridized carbons (Fsp3) is 0.333. The highest BCUT2D eigenvalue weighted by Gasteiger charge is 2.43. The molecule has 4 atom stereocenters. The van der Waals surface area contributed by atoms with Crippen LogP contribution in [0.2, 0.25) is 10.0 Å². The van der Waals surface area contributed by atoms with Gasteiger partial charge in [-0.15, -0.1) is 0 Å². The lowest BCUT2D eigenvalue weighted by molar-refractivity contribution is -0.0508. The van der Waals surface area contributed by atoms with Crippen molar-refractivity contribution in [2.24, 2.45) is 0 Å². The monoisotopic (exact) mass is 369 g/mol. The number of halogens is 2. The number of aliphatic hydroxyl groups excluding tert-OH is 3. The molecule has 1 aliphatic rings. The predicted octanol–water partition coefficient (Wildman–Crippen LogP) is 1.50. The third kappa shape index (κ3) is 2.36. The topological polar surface area (TPSA) is 101 Å². The van der Waals surface area contributed by atoms with Gasteiger partial charge in [-0.25, -0.2) is 9.97 Å². The standard InChI is InChI=1S/C15H13Cl2N3O4/c16-7-1-6-2-10-14(19-9(6)3-8(7)17)18-5-20(10)15-13(23)12(22)11(4-21)24-15/h1-3,5,11-13,15,21-23H,4H2/t11-,12-,13-,15-/m1/s1. The molecule has 3 N–H and O–H groups in total. The molecule has 3 heterocycles. The van der Waals surface area contributed by atoms with Gasteiger partial charge >= 0.3 is 0 Å². The second kappa shape index (κ2) is 5.80. The Morgan fingerprint density at radius 3 is 2.58 bits per heavy atom. The Morgan fingerprint density at radius 1 is 1.12 bits per heavy atom. The number of aliphatic hydroxyl groups is 3. The van der Waals surface area contributed by atoms with Gasteiger partial charge in [0.2, 0.25) is 0 Å². The van der Waals surface area contributed by atoms with Crippen LogP contribution >= 0.6 is 23.2 Å². The third-order valence-electron chi connectivity index (χ3n) is 4.19. The number of aromatic nitrogens is 3. The number of pyridine rings is 1. The molecule has 1 aliphatic heterocycles. The van der Waals surface area contributed by atoms with Gasteiger partial charge < -0.3 is 20.1 Å². The first-order valence-corrected chi connectivity index (χ1v) is 8.00. The smallest absolute Gasteiger partial charge is 0.178 e. The third-order valence-corrected chi connectivity index (χ3v) is 4.91. The van der Waals surface area contributed by atoms with Crippen molar-refractivity contribution in [1.29, 1.82) is 0 Å². The second-order valence-corrected chi connectivity index (χ2v) is 6.49. The Kier molecular flexibility index (Phi) is 3.87. The Bertz CT molecular complexity index is 932. The van der Waals surface area contributed by atoms with E-state index in [0.717, 1.165) is 5.39 Å². The van der Waals surface area contributed by atoms with Crippen molar-refractivity contribution in [2.45, 2.75) is 24.5 Å². The van der Waals surface area contributed by atoms with Gasteiger partial charge in [0.25, 0.3) is 0 Å². The van der Waals surface area contributed by atoms with E-state index in [1.54, 1.807) is 16.7 Å². The molecule has 3 aromatic rings. The molecule has 0 amide bonds. The fourth-order valence-corrected chi connectivity index (χ4v) is 3.25. The zero-order valence-corrected chi connectivity index (χ0v) is 13.7. The minimum atomic E-state index is -1.19. The number of fused-ring (bicyclic) bond motifs is 2. The van der Waals surface area contributed by atoms with Gasteiger partial charge in [0, 0.05) is 5.39 Å². The molecule has 7 nitrogen and oxygen atoms in total. The zero-order chi connectivity index (χ0) is 17.0. The molecule has 24 heavy (non-hydrogen) atoms. The first kappa shape index (κ1) is 16.0. The summed E-state index contributed by atoms with van der Waals surface area (Å²) in [4.78, 5) is 8.65. The molecule has 9 heteroatoms. The van der Waals surface area contributed by atoms with E-state index in [4.69, 9.17) is 27.9 Å². The molecule has 0 radical (unpaired) electrons. The van der Waals surface area contributed by atoms with E-state index in [1.165, 1.54) is 6.33 Å². The average Bonchev–Trinajstić information content (AvgIpc) is 3.08. The minimum Gasteiger partial charge on any atom is -0.394 e. The average molecular weight is 370 g/mol. The number of imidazole rings is 1. The summed E-state index contributed by atoms with van der Waals surface area (Å²) in [5, 5.41) is 30.9. The van der Waals surface area contributed by atoms with Crippen molar-refractivity contribution in [1.82, 2.24) is 14.5 Å². The first-order valence-electron chi connectivity index (χ1n) is 7.24. The Morgan fingerprint density at radius 2 is 1.88 bits per heavy atom. The molecule has 126 valence electrons. The number of nitrogens with zero attached hydrogens (tertiary/aromatic N) is 3. The molecule has 1 fully saturated rings. The zero-order valence-electron chi connectivity index (χ0n) is 12.2. The fourth-order valence-electron chi connectivity index (χ4n) is 2.92. The summed E-state index contributed by atoms with van der Waals surface area (Å²) in [7, 11) is 0. The van der Waals surface area contributed by atoms with E-state index in [2.05, 4.69) is 9.97 Å². The number of hydrogen-bond donors (Lipinski definition) is 3. The van der Waals surface area contributed by atoms with E-state index in [0.29, 0.717) is 26.7 Å². The van der Waals surface area contributed by atoms with E-state index in [1.807, 2.05) is 6.07 Å². The van der Waals surface area contributed by atoms with E-state index in [9.17, 15) is 15.3 Å². The van der Waals surface area contributed by atoms with Crippen LogP contribution in [0.4, 0.5) is 0 Å². The van der Waals surface area contributed by atoms with Gasteiger partial charge in [0.1, 0.15) is 18.3 Å². The van der Waals surface area contributed by atoms with Crippen LogP contribution in [-0.2, 0) is 4.74 Å². The van der Waals surface area contributed by atoms with Gasteiger partial charge in [0.05, 0.1) is 34.0 Å². The molecule has 0 bridgehead atoms. The van der Waals surface area contributed by atoms with Crippen molar-refractivity contribution in [2.75, 3.05) is 6.61 Å². The van der Waals surface area contributed by atoms with Crippen molar-refractivity contribution in [3.05, 3.63) is 34.6 Å². The van der Waals surface area contributed by atoms with Crippen LogP contribution in [0.5, 0.6) is 0 Å². The summed E-state index contributed by atoms with van der Waals surface area (Å²) < 4.78 is 7.12. The van der Waals surface area contributed by atoms with Gasteiger partial charge in [0.15, 0.2) is 11.9 Å². The highest BCUT2D eigenvalue weighted by molar-refractivity contribution is 6.42. The maximum atomic E-state index is 10.2. The van der Waals surface area contributed by atoms with Crippen LogP contribution in [0.3, 0.4) is 0 Å². The van der Waals surface area contributed by atoms with Crippen molar-refractivity contribution in [3.63, 3.8) is 0 Å². The molecule has 0 unspecified atom stereocenters. The summed E-state index contributed by atoms with van der Waals surface area (Å²) in [6.07, 6.45) is -2.63. The summed E-state index contributed by atoms with van der Waals surface area (Å²) >= 11 is 12.1. The van der Waals surface area contributed by atoms with Crippen molar-refractivity contribution < 1.29 is 20.1 Å². The molecule has 4 rings (SSSR count). The van der Waals surface area contributed by atoms with Crippen LogP contribution < -0.4 is 0 Å². The summed E-state index contributed by atoms with van der Waals surface area (Å²) in [6, 6.07) is 5.16. The molecule has 1 saturated heterocycles. The number of ether oxygens (including phenoxy) is 1. The van der Waals surface area contributed by atoms with Crippen LogP contribution in [-0.4, -0.2) is 54.8 Å². The van der Waals surface area contributed by atoms with E-state index >= 15 is 0 Å². The Labute approximate surface area is 146 Å². The Balaban J connectivity index is 1.85. The molecule has 1 aromatic carbocycles. The highest BCUT2D eigenvalue weighted by atomic mass is 35.5. The number of hydrogen-bond acceptors (Lipinski definition) is 6. The van der Waals surface area contributed by atoms with Crippen molar-refractivity contribution in [3.8, 4) is 0 Å². The second-order valence-electron chi connectivity index (χ2n) is 5.67. The largest absolute Gasteiger partial charge is 0.394 e. The first-order chi connectivity index (χ1) is 11.5. The summed E-state index contributed by atoms with van der Waals surface area (Å²) in [6.45, 7) is -0.392. The molecule has 0 spiro atoms. The molecule has 0 aliphatic carbocycles. The summed E-state index contributed by atoms with van der Waals surface area (Å²) in [5.41, 5.74) is 1.69. The van der Waals surface area contributed by atoms with Crippen LogP contribution in [0.1, 0.15) is 6.23 Å². The Hall–Kier alpha value is -1.48. The minimum absolute atomic E-state index is 0.392. The lowest BCUT2D eigenvalue weighted by Gasteiger charge is -2.17. The van der Waals surface area contributed by atoms with Gasteiger partial charge in [-0.1, -0.05) is 23.2 Å². The van der Waals surface area contributed by atoms with Crippen molar-refractivity contribution >= 4 is 45.3 Å². The van der Waals surface area contributed by atoms with Gasteiger partial charge in [-0.05, 0) is 18.2 Å². The molecular weight excluding hydrogens is 357 g/mol. The predicted molar refractivity (Wildman–Crippen MR) is 88.1 cm³/mol. The van der Waals surface area contributed by atoms with E-state index in [-0.39, 0.29) is 0 Å². The molecule has 2 aromatic heterocycles. The SMILES string of the molecule is OC[C@H]1O[C@@H](n2cnc3nc4cc(Cl)c(Cl)cc4cc32)[C@H](O)[C@@H]1O. The number of benzene rings is 1. The van der Waals surface area contributed by atoms with Crippen LogP contribution in [0, 0.1) is 0 Å². The molecular formula is C15H13Cl2N3O4. The lowest BCUT2D eigenvalue weighted by Crippen LogP contribution is -2.33. The lowest BCUT2D eigenvalue weighted by atomic mass is 10.1. The highest BCUT2D eigenvalue weighted by Crippen LogP contribution is 2.33. The quantitative estimate of drug-likeness (QED) is 0.632.